The Morgan fingerprint density at radius 3 is 2.95 bits per heavy atom. The van der Waals surface area contributed by atoms with Gasteiger partial charge < -0.3 is 10.1 Å². The molecule has 4 nitrogen and oxygen atoms in total. The second-order valence-electron chi connectivity index (χ2n) is 3.87. The molecule has 1 aromatic heterocycles. The molecule has 0 spiro atoms. The maximum Gasteiger partial charge on any atom is 0.258 e. The van der Waals surface area contributed by atoms with Crippen molar-refractivity contribution in [2.75, 3.05) is 11.9 Å². The van der Waals surface area contributed by atoms with E-state index in [0.29, 0.717) is 12.3 Å². The lowest BCUT2D eigenvalue weighted by Gasteiger charge is -2.11. The van der Waals surface area contributed by atoms with Crippen LogP contribution in [0.3, 0.4) is 0 Å². The first kappa shape index (κ1) is 14.3. The van der Waals surface area contributed by atoms with Crippen molar-refractivity contribution in [3.05, 3.63) is 53.1 Å². The number of nitrogens with one attached hydrogen (secondary N) is 1. The third-order valence-electron chi connectivity index (χ3n) is 2.50. The van der Waals surface area contributed by atoms with Gasteiger partial charge in [-0.25, -0.2) is 9.37 Å². The molecule has 1 N–H and O–H groups in total. The molecule has 0 atom stereocenters. The van der Waals surface area contributed by atoms with E-state index in [-0.39, 0.29) is 16.5 Å². The van der Waals surface area contributed by atoms with Crippen LogP contribution in [0.25, 0.3) is 0 Å². The van der Waals surface area contributed by atoms with Gasteiger partial charge in [0.15, 0.2) is 0 Å². The molecular weight excluding hydrogens is 283 g/mol. The van der Waals surface area contributed by atoms with Gasteiger partial charge >= 0.3 is 0 Å². The predicted octanol–water partition coefficient (Wildman–Crippen LogP) is 3.53. The summed E-state index contributed by atoms with van der Waals surface area (Å²) in [7, 11) is 0. The zero-order valence-electron chi connectivity index (χ0n) is 10.7. The molecular formula is C14H12ClFN2O2. The Morgan fingerprint density at radius 2 is 2.25 bits per heavy atom. The lowest BCUT2D eigenvalue weighted by atomic mass is 10.2. The van der Waals surface area contributed by atoms with Crippen molar-refractivity contribution in [3.63, 3.8) is 0 Å². The number of halogens is 2. The Balaban J connectivity index is 2.26. The average Bonchev–Trinajstić information content (AvgIpc) is 2.42. The van der Waals surface area contributed by atoms with Crippen molar-refractivity contribution < 1.29 is 13.9 Å². The second-order valence-corrected chi connectivity index (χ2v) is 4.23. The van der Waals surface area contributed by atoms with Crippen LogP contribution in [0, 0.1) is 5.82 Å². The van der Waals surface area contributed by atoms with Gasteiger partial charge in [-0.05, 0) is 31.2 Å². The minimum atomic E-state index is -0.439. The van der Waals surface area contributed by atoms with E-state index in [1.165, 1.54) is 24.4 Å². The van der Waals surface area contributed by atoms with Gasteiger partial charge in [0, 0.05) is 12.3 Å². The molecule has 0 radical (unpaired) electrons. The third-order valence-corrected chi connectivity index (χ3v) is 2.80. The van der Waals surface area contributed by atoms with Crippen molar-refractivity contribution in [3.8, 4) is 5.75 Å². The molecule has 1 heterocycles. The lowest BCUT2D eigenvalue weighted by molar-refractivity contribution is 0.102. The fourth-order valence-corrected chi connectivity index (χ4v) is 1.82. The van der Waals surface area contributed by atoms with Crippen LogP contribution in [0.2, 0.25) is 5.15 Å². The minimum absolute atomic E-state index is 0.102. The third kappa shape index (κ3) is 3.24. The summed E-state index contributed by atoms with van der Waals surface area (Å²) >= 11 is 5.85. The van der Waals surface area contributed by atoms with Crippen LogP contribution >= 0.6 is 11.6 Å². The van der Waals surface area contributed by atoms with Gasteiger partial charge in [-0.2, -0.15) is 0 Å². The SMILES string of the molecule is CCOc1cc(F)ccc1NC(=O)c1cccnc1Cl. The molecule has 2 rings (SSSR count). The molecule has 0 saturated heterocycles. The highest BCUT2D eigenvalue weighted by atomic mass is 35.5. The maximum atomic E-state index is 13.2. The fraction of sp³-hybridized carbons (Fsp3) is 0.143. The molecule has 0 saturated carbocycles. The number of carbonyl (C=O) groups excluding carboxylic acids is 1. The van der Waals surface area contributed by atoms with Gasteiger partial charge in [0.05, 0.1) is 17.9 Å². The molecule has 104 valence electrons. The van der Waals surface area contributed by atoms with Crippen molar-refractivity contribution in [2.45, 2.75) is 6.92 Å². The van der Waals surface area contributed by atoms with Gasteiger partial charge in [0.25, 0.3) is 5.91 Å². The van der Waals surface area contributed by atoms with E-state index in [1.807, 2.05) is 0 Å². The molecule has 0 fully saturated rings. The van der Waals surface area contributed by atoms with Crippen molar-refractivity contribution >= 4 is 23.2 Å². The van der Waals surface area contributed by atoms with E-state index >= 15 is 0 Å². The number of benzene rings is 1. The number of ether oxygens (including phenoxy) is 1. The Kier molecular flexibility index (Phi) is 4.53. The zero-order valence-corrected chi connectivity index (χ0v) is 11.4. The van der Waals surface area contributed by atoms with Crippen LogP contribution in [0.5, 0.6) is 5.75 Å². The molecule has 0 unspecified atom stereocenters. The lowest BCUT2D eigenvalue weighted by Crippen LogP contribution is -2.14. The Labute approximate surface area is 120 Å². The van der Waals surface area contributed by atoms with E-state index in [4.69, 9.17) is 16.3 Å². The van der Waals surface area contributed by atoms with E-state index in [9.17, 15) is 9.18 Å². The number of hydrogen-bond acceptors (Lipinski definition) is 3. The highest BCUT2D eigenvalue weighted by Crippen LogP contribution is 2.26. The van der Waals surface area contributed by atoms with E-state index in [2.05, 4.69) is 10.3 Å². The van der Waals surface area contributed by atoms with Gasteiger partial charge in [-0.15, -0.1) is 0 Å². The minimum Gasteiger partial charge on any atom is -0.492 e. The van der Waals surface area contributed by atoms with Crippen molar-refractivity contribution in [1.29, 1.82) is 0 Å². The summed E-state index contributed by atoms with van der Waals surface area (Å²) in [6.07, 6.45) is 1.49. The first-order valence-electron chi connectivity index (χ1n) is 5.96. The summed E-state index contributed by atoms with van der Waals surface area (Å²) in [5.41, 5.74) is 0.610. The molecule has 1 amide bonds. The summed E-state index contributed by atoms with van der Waals surface area (Å²) in [6, 6.07) is 7.04. The topological polar surface area (TPSA) is 51.2 Å². The van der Waals surface area contributed by atoms with E-state index in [0.717, 1.165) is 0 Å². The van der Waals surface area contributed by atoms with Crippen LogP contribution in [-0.4, -0.2) is 17.5 Å². The summed E-state index contributed by atoms with van der Waals surface area (Å²) < 4.78 is 18.5. The zero-order chi connectivity index (χ0) is 14.5. The molecule has 0 aliphatic carbocycles. The number of nitrogens with zero attached hydrogens (tertiary/aromatic N) is 1. The van der Waals surface area contributed by atoms with E-state index in [1.54, 1.807) is 19.1 Å². The summed E-state index contributed by atoms with van der Waals surface area (Å²) in [6.45, 7) is 2.13. The van der Waals surface area contributed by atoms with Gasteiger partial charge in [-0.3, -0.25) is 4.79 Å². The average molecular weight is 295 g/mol. The van der Waals surface area contributed by atoms with Gasteiger partial charge in [0.2, 0.25) is 0 Å². The fourth-order valence-electron chi connectivity index (χ4n) is 1.62. The Bertz CT molecular complexity index is 634. The Hall–Kier alpha value is -2.14. The molecule has 1 aromatic carbocycles. The van der Waals surface area contributed by atoms with Crippen LogP contribution < -0.4 is 10.1 Å². The second kappa shape index (κ2) is 6.34. The van der Waals surface area contributed by atoms with Crippen LogP contribution in [0.1, 0.15) is 17.3 Å². The molecule has 20 heavy (non-hydrogen) atoms. The van der Waals surface area contributed by atoms with Gasteiger partial charge in [0.1, 0.15) is 16.7 Å². The summed E-state index contributed by atoms with van der Waals surface area (Å²) in [4.78, 5) is 15.9. The number of amides is 1. The van der Waals surface area contributed by atoms with Crippen LogP contribution in [-0.2, 0) is 0 Å². The highest BCUT2D eigenvalue weighted by Gasteiger charge is 2.13. The number of anilines is 1. The first-order valence-corrected chi connectivity index (χ1v) is 6.34. The number of carbonyl (C=O) groups is 1. The Morgan fingerprint density at radius 1 is 1.45 bits per heavy atom. The number of aromatic nitrogens is 1. The molecule has 0 bridgehead atoms. The molecule has 2 aromatic rings. The van der Waals surface area contributed by atoms with E-state index < -0.39 is 11.7 Å². The smallest absolute Gasteiger partial charge is 0.258 e. The standard InChI is InChI=1S/C14H12ClFN2O2/c1-2-20-12-8-9(16)5-6-11(12)18-14(19)10-4-3-7-17-13(10)15/h3-8H,2H2,1H3,(H,18,19). The van der Waals surface area contributed by atoms with Crippen molar-refractivity contribution in [2.24, 2.45) is 0 Å². The van der Waals surface area contributed by atoms with Crippen LogP contribution in [0.4, 0.5) is 10.1 Å². The predicted molar refractivity (Wildman–Crippen MR) is 74.8 cm³/mol. The van der Waals surface area contributed by atoms with Crippen LogP contribution in [0.15, 0.2) is 36.5 Å². The number of pyridine rings is 1. The largest absolute Gasteiger partial charge is 0.492 e. The first-order chi connectivity index (χ1) is 9.61. The molecule has 0 aliphatic rings. The number of rotatable bonds is 4. The highest BCUT2D eigenvalue weighted by molar-refractivity contribution is 6.33. The molecule has 0 aliphatic heterocycles. The van der Waals surface area contributed by atoms with Crippen molar-refractivity contribution in [1.82, 2.24) is 4.98 Å². The van der Waals surface area contributed by atoms with Gasteiger partial charge in [-0.1, -0.05) is 11.6 Å². The summed E-state index contributed by atoms with van der Waals surface area (Å²) in [5, 5.41) is 2.73. The number of hydrogen-bond donors (Lipinski definition) is 1. The summed E-state index contributed by atoms with van der Waals surface area (Å²) in [5.74, 6) is -0.609. The normalized spacial score (nSPS) is 10.2. The maximum absolute atomic E-state index is 13.2. The monoisotopic (exact) mass is 294 g/mol. The molecule has 6 heteroatoms. The quantitative estimate of drug-likeness (QED) is 0.878.